The number of hydrogen-bond acceptors (Lipinski definition) is 3. The Hall–Kier alpha value is -0.930. The number of hydrogen-bond donors (Lipinski definition) is 2. The molecule has 0 heterocycles. The van der Waals surface area contributed by atoms with Crippen LogP contribution >= 0.6 is 11.6 Å². The number of nitrogens with one attached hydrogen (secondary N) is 1. The summed E-state index contributed by atoms with van der Waals surface area (Å²) in [7, 11) is 0. The van der Waals surface area contributed by atoms with Crippen molar-refractivity contribution in [2.45, 2.75) is 26.9 Å². The first-order chi connectivity index (χ1) is 8.62. The van der Waals surface area contributed by atoms with E-state index in [0.717, 1.165) is 18.8 Å². The standard InChI is InChI=1S/C14H23ClN2O/c1-4-17(5-2)14-7-6-11(3)8-13(14)16-10-12(18)9-15/h6-8,12,16,18H,4-5,9-10H2,1-3H3. The summed E-state index contributed by atoms with van der Waals surface area (Å²) in [5, 5.41) is 12.8. The molecule has 0 amide bonds. The van der Waals surface area contributed by atoms with E-state index in [-0.39, 0.29) is 5.88 Å². The highest BCUT2D eigenvalue weighted by atomic mass is 35.5. The van der Waals surface area contributed by atoms with Gasteiger partial charge in [-0.25, -0.2) is 0 Å². The number of aryl methyl sites for hydroxylation is 1. The van der Waals surface area contributed by atoms with Crippen molar-refractivity contribution < 1.29 is 5.11 Å². The van der Waals surface area contributed by atoms with E-state index < -0.39 is 6.10 Å². The minimum Gasteiger partial charge on any atom is -0.390 e. The Kier molecular flexibility index (Phi) is 6.30. The minimum atomic E-state index is -0.517. The maximum atomic E-state index is 9.52. The molecule has 0 spiro atoms. The minimum absolute atomic E-state index is 0.249. The summed E-state index contributed by atoms with van der Waals surface area (Å²) in [6.07, 6.45) is -0.517. The lowest BCUT2D eigenvalue weighted by atomic mass is 10.1. The summed E-state index contributed by atoms with van der Waals surface area (Å²) in [5.41, 5.74) is 3.43. The second-order valence-corrected chi connectivity index (χ2v) is 4.69. The third kappa shape index (κ3) is 4.07. The van der Waals surface area contributed by atoms with Crippen molar-refractivity contribution >= 4 is 23.0 Å². The lowest BCUT2D eigenvalue weighted by Crippen LogP contribution is -2.25. The van der Waals surface area contributed by atoms with E-state index in [2.05, 4.69) is 49.2 Å². The molecule has 102 valence electrons. The maximum Gasteiger partial charge on any atom is 0.0847 e. The van der Waals surface area contributed by atoms with Crippen LogP contribution in [0.4, 0.5) is 11.4 Å². The molecule has 1 atom stereocenters. The molecule has 0 radical (unpaired) electrons. The molecule has 0 aliphatic carbocycles. The van der Waals surface area contributed by atoms with Crippen LogP contribution in [0, 0.1) is 6.92 Å². The molecule has 3 nitrogen and oxygen atoms in total. The smallest absolute Gasteiger partial charge is 0.0847 e. The Morgan fingerprint density at radius 3 is 2.56 bits per heavy atom. The predicted molar refractivity (Wildman–Crippen MR) is 80.0 cm³/mol. The third-order valence-electron chi connectivity index (χ3n) is 2.96. The molecule has 2 N–H and O–H groups in total. The molecule has 1 aromatic rings. The first kappa shape index (κ1) is 15.1. The lowest BCUT2D eigenvalue weighted by molar-refractivity contribution is 0.211. The summed E-state index contributed by atoms with van der Waals surface area (Å²) in [6.45, 7) is 8.75. The van der Waals surface area contributed by atoms with E-state index >= 15 is 0 Å². The second-order valence-electron chi connectivity index (χ2n) is 4.38. The lowest BCUT2D eigenvalue weighted by Gasteiger charge is -2.25. The van der Waals surface area contributed by atoms with Crippen molar-refractivity contribution in [3.63, 3.8) is 0 Å². The Bertz CT molecular complexity index is 367. The number of nitrogens with zero attached hydrogens (tertiary/aromatic N) is 1. The van der Waals surface area contributed by atoms with Crippen LogP contribution in [0.25, 0.3) is 0 Å². The fraction of sp³-hybridized carbons (Fsp3) is 0.571. The van der Waals surface area contributed by atoms with E-state index in [4.69, 9.17) is 11.6 Å². The van der Waals surface area contributed by atoms with Crippen LogP contribution < -0.4 is 10.2 Å². The summed E-state index contributed by atoms with van der Waals surface area (Å²) in [5.74, 6) is 0.249. The largest absolute Gasteiger partial charge is 0.390 e. The van der Waals surface area contributed by atoms with Crippen molar-refractivity contribution in [2.75, 3.05) is 35.7 Å². The van der Waals surface area contributed by atoms with Gasteiger partial charge in [-0.05, 0) is 38.5 Å². The second kappa shape index (κ2) is 7.49. The summed E-state index contributed by atoms with van der Waals surface area (Å²) in [4.78, 5) is 2.29. The van der Waals surface area contributed by atoms with Crippen LogP contribution in [-0.4, -0.2) is 36.7 Å². The molecule has 18 heavy (non-hydrogen) atoms. The van der Waals surface area contributed by atoms with Crippen molar-refractivity contribution in [3.05, 3.63) is 23.8 Å². The molecular formula is C14H23ClN2O. The van der Waals surface area contributed by atoms with E-state index in [1.165, 1.54) is 11.3 Å². The number of halogens is 1. The topological polar surface area (TPSA) is 35.5 Å². The Morgan fingerprint density at radius 1 is 1.33 bits per heavy atom. The summed E-state index contributed by atoms with van der Waals surface area (Å²) < 4.78 is 0. The Balaban J connectivity index is 2.89. The van der Waals surface area contributed by atoms with Gasteiger partial charge in [-0.1, -0.05) is 6.07 Å². The van der Waals surface area contributed by atoms with Gasteiger partial charge in [-0.15, -0.1) is 11.6 Å². The highest BCUT2D eigenvalue weighted by Crippen LogP contribution is 2.27. The van der Waals surface area contributed by atoms with Crippen molar-refractivity contribution in [2.24, 2.45) is 0 Å². The van der Waals surface area contributed by atoms with Crippen molar-refractivity contribution in [1.29, 1.82) is 0 Å². The molecule has 1 rings (SSSR count). The molecule has 1 unspecified atom stereocenters. The van der Waals surface area contributed by atoms with E-state index in [1.807, 2.05) is 0 Å². The zero-order valence-corrected chi connectivity index (χ0v) is 12.2. The zero-order valence-electron chi connectivity index (χ0n) is 11.4. The molecule has 0 bridgehead atoms. The molecule has 0 aliphatic heterocycles. The van der Waals surface area contributed by atoms with E-state index in [0.29, 0.717) is 6.54 Å². The first-order valence-corrected chi connectivity index (χ1v) is 6.99. The molecule has 4 heteroatoms. The van der Waals surface area contributed by atoms with Crippen LogP contribution in [0.3, 0.4) is 0 Å². The van der Waals surface area contributed by atoms with E-state index in [9.17, 15) is 5.11 Å². The maximum absolute atomic E-state index is 9.52. The highest BCUT2D eigenvalue weighted by Gasteiger charge is 2.09. The molecule has 0 saturated heterocycles. The number of benzene rings is 1. The van der Waals surface area contributed by atoms with Gasteiger partial charge in [0.05, 0.1) is 23.4 Å². The predicted octanol–water partition coefficient (Wildman–Crippen LogP) is 2.85. The van der Waals surface area contributed by atoms with E-state index in [1.54, 1.807) is 0 Å². The summed E-state index contributed by atoms with van der Waals surface area (Å²) >= 11 is 5.61. The molecule has 0 fully saturated rings. The average molecular weight is 271 g/mol. The molecular weight excluding hydrogens is 248 g/mol. The number of aliphatic hydroxyl groups excluding tert-OH is 1. The molecule has 0 saturated carbocycles. The summed E-state index contributed by atoms with van der Waals surface area (Å²) in [6, 6.07) is 6.34. The van der Waals surface area contributed by atoms with Crippen LogP contribution in [0.5, 0.6) is 0 Å². The SMILES string of the molecule is CCN(CC)c1ccc(C)cc1NCC(O)CCl. The fourth-order valence-electron chi connectivity index (χ4n) is 1.91. The van der Waals surface area contributed by atoms with Gasteiger partial charge in [-0.2, -0.15) is 0 Å². The van der Waals surface area contributed by atoms with Crippen LogP contribution in [0.15, 0.2) is 18.2 Å². The van der Waals surface area contributed by atoms with Gasteiger partial charge < -0.3 is 15.3 Å². The van der Waals surface area contributed by atoms with Gasteiger partial charge in [0.15, 0.2) is 0 Å². The van der Waals surface area contributed by atoms with Crippen molar-refractivity contribution in [3.8, 4) is 0 Å². The van der Waals surface area contributed by atoms with Gasteiger partial charge in [0.1, 0.15) is 0 Å². The molecule has 0 aromatic heterocycles. The molecule has 1 aromatic carbocycles. The first-order valence-electron chi connectivity index (χ1n) is 6.45. The third-order valence-corrected chi connectivity index (χ3v) is 3.32. The Morgan fingerprint density at radius 2 is 2.00 bits per heavy atom. The van der Waals surface area contributed by atoms with Crippen LogP contribution in [0.2, 0.25) is 0 Å². The quantitative estimate of drug-likeness (QED) is 0.748. The Labute approximate surface area is 115 Å². The van der Waals surface area contributed by atoms with Gasteiger partial charge in [0, 0.05) is 19.6 Å². The highest BCUT2D eigenvalue weighted by molar-refractivity contribution is 6.18. The van der Waals surface area contributed by atoms with Gasteiger partial charge in [-0.3, -0.25) is 0 Å². The van der Waals surface area contributed by atoms with Gasteiger partial charge in [0.25, 0.3) is 0 Å². The average Bonchev–Trinajstić information content (AvgIpc) is 2.39. The zero-order chi connectivity index (χ0) is 13.5. The van der Waals surface area contributed by atoms with Crippen LogP contribution in [-0.2, 0) is 0 Å². The normalized spacial score (nSPS) is 12.3. The number of rotatable bonds is 7. The number of aliphatic hydroxyl groups is 1. The molecule has 0 aliphatic rings. The number of anilines is 2. The van der Waals surface area contributed by atoms with Gasteiger partial charge >= 0.3 is 0 Å². The van der Waals surface area contributed by atoms with Crippen molar-refractivity contribution in [1.82, 2.24) is 0 Å². The monoisotopic (exact) mass is 270 g/mol. The van der Waals surface area contributed by atoms with Crippen LogP contribution in [0.1, 0.15) is 19.4 Å². The van der Waals surface area contributed by atoms with Gasteiger partial charge in [0.2, 0.25) is 0 Å². The fourth-order valence-corrected chi connectivity index (χ4v) is 2.02. The number of alkyl halides is 1.